The Morgan fingerprint density at radius 3 is 2.38 bits per heavy atom. The van der Waals surface area contributed by atoms with Crippen LogP contribution in [-0.4, -0.2) is 5.78 Å². The first-order valence-electron chi connectivity index (χ1n) is 4.50. The van der Waals surface area contributed by atoms with Crippen molar-refractivity contribution in [3.05, 3.63) is 41.5 Å². The van der Waals surface area contributed by atoms with Gasteiger partial charge < -0.3 is 0 Å². The Labute approximate surface area is 79.1 Å². The molecule has 0 N–H and O–H groups in total. The highest BCUT2D eigenvalue weighted by Crippen LogP contribution is 2.09. The molecule has 0 aromatic heterocycles. The van der Waals surface area contributed by atoms with E-state index in [1.54, 1.807) is 6.92 Å². The monoisotopic (exact) mass is 174 g/mol. The number of carbonyl (C=O) groups excluding carboxylic acids is 1. The first-order valence-corrected chi connectivity index (χ1v) is 4.50. The predicted molar refractivity (Wildman–Crippen MR) is 55.4 cm³/mol. The molecule has 0 spiro atoms. The third-order valence-corrected chi connectivity index (χ3v) is 1.97. The van der Waals surface area contributed by atoms with Gasteiger partial charge in [-0.25, -0.2) is 0 Å². The minimum absolute atomic E-state index is 0.159. The largest absolute Gasteiger partial charge is 0.295 e. The highest BCUT2D eigenvalue weighted by Gasteiger charge is 1.99. The second kappa shape index (κ2) is 4.61. The van der Waals surface area contributed by atoms with E-state index in [-0.39, 0.29) is 5.78 Å². The molecule has 0 radical (unpaired) electrons. The maximum Gasteiger partial charge on any atom is 0.155 e. The normalized spacial score (nSPS) is 11.4. The summed E-state index contributed by atoms with van der Waals surface area (Å²) >= 11 is 0. The fourth-order valence-electron chi connectivity index (χ4n) is 1.20. The van der Waals surface area contributed by atoms with Gasteiger partial charge in [-0.05, 0) is 30.6 Å². The van der Waals surface area contributed by atoms with E-state index in [0.717, 1.165) is 17.6 Å². The van der Waals surface area contributed by atoms with Crippen LogP contribution >= 0.6 is 0 Å². The van der Waals surface area contributed by atoms with Crippen molar-refractivity contribution >= 4 is 11.9 Å². The van der Waals surface area contributed by atoms with Gasteiger partial charge in [0.2, 0.25) is 0 Å². The molecular weight excluding hydrogens is 160 g/mol. The Bertz CT molecular complexity index is 309. The van der Waals surface area contributed by atoms with Crippen molar-refractivity contribution in [2.24, 2.45) is 0 Å². The van der Waals surface area contributed by atoms with Crippen molar-refractivity contribution in [2.75, 3.05) is 0 Å². The number of carbonyl (C=O) groups is 1. The van der Waals surface area contributed by atoms with Crippen molar-refractivity contribution in [3.8, 4) is 0 Å². The molecular formula is C12H14O. The molecule has 0 fully saturated rings. The van der Waals surface area contributed by atoms with Crippen molar-refractivity contribution in [3.63, 3.8) is 0 Å². The summed E-state index contributed by atoms with van der Waals surface area (Å²) in [6, 6.07) is 9.91. The molecule has 0 amide bonds. The van der Waals surface area contributed by atoms with Crippen molar-refractivity contribution < 1.29 is 4.79 Å². The molecule has 0 aliphatic heterocycles. The summed E-state index contributed by atoms with van der Waals surface area (Å²) in [6.07, 6.45) is 2.74. The Morgan fingerprint density at radius 2 is 1.92 bits per heavy atom. The summed E-state index contributed by atoms with van der Waals surface area (Å²) in [6.45, 7) is 3.61. The summed E-state index contributed by atoms with van der Waals surface area (Å²) in [7, 11) is 0. The van der Waals surface area contributed by atoms with Crippen LogP contribution < -0.4 is 0 Å². The molecule has 1 aromatic carbocycles. The molecule has 0 heterocycles. The second-order valence-corrected chi connectivity index (χ2v) is 2.99. The molecule has 0 aliphatic carbocycles. The summed E-state index contributed by atoms with van der Waals surface area (Å²) in [5.41, 5.74) is 1.97. The van der Waals surface area contributed by atoms with Crippen LogP contribution in [0.1, 0.15) is 25.8 Å². The summed E-state index contributed by atoms with van der Waals surface area (Å²) < 4.78 is 0. The summed E-state index contributed by atoms with van der Waals surface area (Å²) in [4.78, 5) is 11.1. The van der Waals surface area contributed by atoms with E-state index in [2.05, 4.69) is 0 Å². The number of hydrogen-bond acceptors (Lipinski definition) is 1. The van der Waals surface area contributed by atoms with E-state index < -0.39 is 0 Å². The van der Waals surface area contributed by atoms with Gasteiger partial charge >= 0.3 is 0 Å². The number of rotatable bonds is 3. The first-order chi connectivity index (χ1) is 6.24. The molecule has 1 aromatic rings. The molecule has 68 valence electrons. The molecule has 0 unspecified atom stereocenters. The van der Waals surface area contributed by atoms with Crippen LogP contribution in [-0.2, 0) is 4.79 Å². The fraction of sp³-hybridized carbons (Fsp3) is 0.250. The predicted octanol–water partition coefficient (Wildman–Crippen LogP) is 3.07. The van der Waals surface area contributed by atoms with Crippen molar-refractivity contribution in [2.45, 2.75) is 20.3 Å². The number of allylic oxidation sites excluding steroid dienone is 1. The van der Waals surface area contributed by atoms with Crippen LogP contribution in [0.5, 0.6) is 0 Å². The molecule has 13 heavy (non-hydrogen) atoms. The van der Waals surface area contributed by atoms with Crippen LogP contribution in [0.4, 0.5) is 0 Å². The van der Waals surface area contributed by atoms with Gasteiger partial charge in [-0.1, -0.05) is 37.3 Å². The van der Waals surface area contributed by atoms with Crippen LogP contribution in [0.3, 0.4) is 0 Å². The molecule has 1 rings (SSSR count). The first kappa shape index (κ1) is 9.72. The number of ketones is 1. The Balaban J connectivity index is 2.92. The lowest BCUT2D eigenvalue weighted by molar-refractivity contribution is -0.113. The lowest BCUT2D eigenvalue weighted by Crippen LogP contribution is -1.94. The summed E-state index contributed by atoms with van der Waals surface area (Å²) in [5, 5.41) is 0. The van der Waals surface area contributed by atoms with Crippen LogP contribution in [0.15, 0.2) is 35.9 Å². The van der Waals surface area contributed by atoms with Gasteiger partial charge in [-0.15, -0.1) is 0 Å². The van der Waals surface area contributed by atoms with Crippen molar-refractivity contribution in [1.82, 2.24) is 0 Å². The van der Waals surface area contributed by atoms with Gasteiger partial charge in [0, 0.05) is 0 Å². The Morgan fingerprint density at radius 1 is 1.31 bits per heavy atom. The highest BCUT2D eigenvalue weighted by atomic mass is 16.1. The molecule has 0 bridgehead atoms. The molecule has 0 aliphatic rings. The maximum absolute atomic E-state index is 11.1. The van der Waals surface area contributed by atoms with E-state index >= 15 is 0 Å². The third kappa shape index (κ3) is 2.86. The zero-order valence-electron chi connectivity index (χ0n) is 8.08. The van der Waals surface area contributed by atoms with Gasteiger partial charge in [0.15, 0.2) is 5.78 Å². The van der Waals surface area contributed by atoms with E-state index in [0.29, 0.717) is 0 Å². The van der Waals surface area contributed by atoms with Crippen LogP contribution in [0.25, 0.3) is 6.08 Å². The molecule has 1 nitrogen and oxygen atoms in total. The zero-order chi connectivity index (χ0) is 9.68. The fourth-order valence-corrected chi connectivity index (χ4v) is 1.20. The molecule has 0 saturated carbocycles. The summed E-state index contributed by atoms with van der Waals surface area (Å²) in [5.74, 6) is 0.159. The van der Waals surface area contributed by atoms with Gasteiger partial charge in [0.1, 0.15) is 0 Å². The van der Waals surface area contributed by atoms with E-state index in [1.165, 1.54) is 0 Å². The SMILES string of the molecule is CC/C(=C\c1ccccc1)C(C)=O. The van der Waals surface area contributed by atoms with Gasteiger partial charge in [-0.3, -0.25) is 4.79 Å². The average Bonchev–Trinajstić information content (AvgIpc) is 2.15. The van der Waals surface area contributed by atoms with Crippen LogP contribution in [0, 0.1) is 0 Å². The Kier molecular flexibility index (Phi) is 3.44. The second-order valence-electron chi connectivity index (χ2n) is 2.99. The topological polar surface area (TPSA) is 17.1 Å². The van der Waals surface area contributed by atoms with Gasteiger partial charge in [0.05, 0.1) is 0 Å². The molecule has 0 saturated heterocycles. The Hall–Kier alpha value is -1.37. The minimum atomic E-state index is 0.159. The number of benzene rings is 1. The number of Topliss-reactive ketones (excluding diaryl/α,β-unsaturated/α-hetero) is 1. The smallest absolute Gasteiger partial charge is 0.155 e. The minimum Gasteiger partial charge on any atom is -0.295 e. The van der Waals surface area contributed by atoms with Gasteiger partial charge in [-0.2, -0.15) is 0 Å². The van der Waals surface area contributed by atoms with Crippen LogP contribution in [0.2, 0.25) is 0 Å². The third-order valence-electron chi connectivity index (χ3n) is 1.97. The van der Waals surface area contributed by atoms with E-state index in [4.69, 9.17) is 0 Å². The zero-order valence-corrected chi connectivity index (χ0v) is 8.08. The average molecular weight is 174 g/mol. The van der Waals surface area contributed by atoms with Gasteiger partial charge in [0.25, 0.3) is 0 Å². The lowest BCUT2D eigenvalue weighted by Gasteiger charge is -1.98. The van der Waals surface area contributed by atoms with E-state index in [1.807, 2.05) is 43.3 Å². The standard InChI is InChI=1S/C12H14O/c1-3-12(10(2)13)9-11-7-5-4-6-8-11/h4-9H,3H2,1-2H3/b12-9+. The maximum atomic E-state index is 11.1. The lowest BCUT2D eigenvalue weighted by atomic mass is 10.1. The van der Waals surface area contributed by atoms with Crippen molar-refractivity contribution in [1.29, 1.82) is 0 Å². The number of hydrogen-bond donors (Lipinski definition) is 0. The quantitative estimate of drug-likeness (QED) is 0.643. The van der Waals surface area contributed by atoms with E-state index in [9.17, 15) is 4.79 Å². The highest BCUT2D eigenvalue weighted by molar-refractivity contribution is 5.97. The molecule has 0 atom stereocenters. The molecule has 1 heteroatoms.